The SMILES string of the molecule is O=C1COc2ccc(S(=O)(=O)Nc3ccccc3C(=O)NCc3ccccc3)cc2N1. The lowest BCUT2D eigenvalue weighted by atomic mass is 10.1. The maximum Gasteiger partial charge on any atom is 0.262 e. The van der Waals surface area contributed by atoms with Crippen LogP contribution in [0.2, 0.25) is 0 Å². The minimum absolute atomic E-state index is 0.0726. The number of benzene rings is 3. The molecule has 0 radical (unpaired) electrons. The molecular formula is C22H19N3O5S. The third kappa shape index (κ3) is 4.67. The van der Waals surface area contributed by atoms with Gasteiger partial charge in [-0.25, -0.2) is 8.42 Å². The number of fused-ring (bicyclic) bond motifs is 1. The summed E-state index contributed by atoms with van der Waals surface area (Å²) in [5.41, 5.74) is 1.53. The highest BCUT2D eigenvalue weighted by atomic mass is 32.2. The molecule has 0 aromatic heterocycles. The fourth-order valence-corrected chi connectivity index (χ4v) is 4.18. The number of amides is 2. The number of rotatable bonds is 6. The van der Waals surface area contributed by atoms with Crippen LogP contribution in [0.25, 0.3) is 0 Å². The normalized spacial score (nSPS) is 12.8. The molecule has 31 heavy (non-hydrogen) atoms. The molecule has 0 fully saturated rings. The van der Waals surface area contributed by atoms with Crippen molar-refractivity contribution in [2.45, 2.75) is 11.4 Å². The van der Waals surface area contributed by atoms with Gasteiger partial charge in [0.25, 0.3) is 21.8 Å². The van der Waals surface area contributed by atoms with Crippen LogP contribution in [0.3, 0.4) is 0 Å². The van der Waals surface area contributed by atoms with Gasteiger partial charge in [0.15, 0.2) is 6.61 Å². The lowest BCUT2D eigenvalue weighted by Gasteiger charge is -2.19. The first-order chi connectivity index (χ1) is 14.9. The Labute approximate surface area is 179 Å². The summed E-state index contributed by atoms with van der Waals surface area (Å²) in [6.07, 6.45) is 0. The minimum Gasteiger partial charge on any atom is -0.482 e. The summed E-state index contributed by atoms with van der Waals surface area (Å²) in [7, 11) is -4.02. The van der Waals surface area contributed by atoms with Crippen molar-refractivity contribution in [2.24, 2.45) is 0 Å². The summed E-state index contributed by atoms with van der Waals surface area (Å²) in [5, 5.41) is 5.37. The van der Waals surface area contributed by atoms with Crippen molar-refractivity contribution in [3.63, 3.8) is 0 Å². The molecular weight excluding hydrogens is 418 g/mol. The number of carbonyl (C=O) groups is 2. The van der Waals surface area contributed by atoms with Crippen molar-refractivity contribution in [3.8, 4) is 5.75 Å². The predicted molar refractivity (Wildman–Crippen MR) is 115 cm³/mol. The van der Waals surface area contributed by atoms with Gasteiger partial charge < -0.3 is 15.4 Å². The molecule has 8 nitrogen and oxygen atoms in total. The zero-order valence-corrected chi connectivity index (χ0v) is 17.1. The van der Waals surface area contributed by atoms with E-state index < -0.39 is 15.9 Å². The molecule has 3 aromatic rings. The standard InChI is InChI=1S/C22H19N3O5S/c26-21-14-30-20-11-10-16(12-19(20)24-21)31(28,29)25-18-9-5-4-8-17(18)22(27)23-13-15-6-2-1-3-7-15/h1-12,25H,13-14H2,(H,23,27)(H,24,26). The number of nitrogens with one attached hydrogen (secondary N) is 3. The first-order valence-electron chi connectivity index (χ1n) is 9.43. The summed E-state index contributed by atoms with van der Waals surface area (Å²) >= 11 is 0. The van der Waals surface area contributed by atoms with Crippen molar-refractivity contribution in [1.29, 1.82) is 0 Å². The summed E-state index contributed by atoms with van der Waals surface area (Å²) in [5.74, 6) is -0.386. The van der Waals surface area contributed by atoms with Crippen LogP contribution in [0.4, 0.5) is 11.4 Å². The van der Waals surface area contributed by atoms with E-state index in [2.05, 4.69) is 15.4 Å². The van der Waals surface area contributed by atoms with Crippen molar-refractivity contribution >= 4 is 33.2 Å². The van der Waals surface area contributed by atoms with E-state index in [0.29, 0.717) is 12.3 Å². The fourth-order valence-electron chi connectivity index (χ4n) is 3.08. The third-order valence-electron chi connectivity index (χ3n) is 4.61. The minimum atomic E-state index is -4.02. The lowest BCUT2D eigenvalue weighted by molar-refractivity contribution is -0.118. The summed E-state index contributed by atoms with van der Waals surface area (Å²) < 4.78 is 33.6. The van der Waals surface area contributed by atoms with E-state index in [4.69, 9.17) is 4.74 Å². The Kier molecular flexibility index (Phi) is 5.59. The average molecular weight is 437 g/mol. The van der Waals surface area contributed by atoms with Gasteiger partial charge in [-0.15, -0.1) is 0 Å². The summed E-state index contributed by atoms with van der Waals surface area (Å²) in [6.45, 7) is 0.189. The van der Waals surface area contributed by atoms with Gasteiger partial charge >= 0.3 is 0 Å². The number of anilines is 2. The second-order valence-electron chi connectivity index (χ2n) is 6.81. The Bertz CT molecular complexity index is 1240. The number of para-hydroxylation sites is 1. The Hall–Kier alpha value is -3.85. The van der Waals surface area contributed by atoms with Crippen LogP contribution >= 0.6 is 0 Å². The summed E-state index contributed by atoms with van der Waals surface area (Å²) in [6, 6.07) is 19.9. The molecule has 4 rings (SSSR count). The van der Waals surface area contributed by atoms with Gasteiger partial charge in [-0.3, -0.25) is 14.3 Å². The van der Waals surface area contributed by atoms with Gasteiger partial charge in [0.1, 0.15) is 5.75 Å². The highest BCUT2D eigenvalue weighted by molar-refractivity contribution is 7.92. The van der Waals surface area contributed by atoms with E-state index >= 15 is 0 Å². The molecule has 1 heterocycles. The second-order valence-corrected chi connectivity index (χ2v) is 8.50. The molecule has 3 N–H and O–H groups in total. The number of sulfonamides is 1. The lowest BCUT2D eigenvalue weighted by Crippen LogP contribution is -2.26. The molecule has 0 aliphatic carbocycles. The van der Waals surface area contributed by atoms with E-state index in [1.54, 1.807) is 18.2 Å². The van der Waals surface area contributed by atoms with Gasteiger partial charge in [-0.05, 0) is 35.9 Å². The highest BCUT2D eigenvalue weighted by Gasteiger charge is 2.22. The van der Waals surface area contributed by atoms with Crippen molar-refractivity contribution in [2.75, 3.05) is 16.6 Å². The molecule has 0 saturated heterocycles. The van der Waals surface area contributed by atoms with Crippen molar-refractivity contribution in [1.82, 2.24) is 5.32 Å². The molecule has 158 valence electrons. The van der Waals surface area contributed by atoms with Crippen molar-refractivity contribution in [3.05, 3.63) is 83.9 Å². The molecule has 1 aliphatic heterocycles. The monoisotopic (exact) mass is 437 g/mol. The Morgan fingerprint density at radius 2 is 1.74 bits per heavy atom. The van der Waals surface area contributed by atoms with Crippen LogP contribution in [-0.2, 0) is 21.4 Å². The highest BCUT2D eigenvalue weighted by Crippen LogP contribution is 2.31. The molecule has 0 unspecified atom stereocenters. The van der Waals surface area contributed by atoms with E-state index in [0.717, 1.165) is 5.56 Å². The average Bonchev–Trinajstić information content (AvgIpc) is 2.77. The zero-order valence-electron chi connectivity index (χ0n) is 16.3. The molecule has 1 aliphatic rings. The number of hydrogen-bond donors (Lipinski definition) is 3. The fraction of sp³-hybridized carbons (Fsp3) is 0.0909. The van der Waals surface area contributed by atoms with Crippen LogP contribution < -0.4 is 20.1 Å². The van der Waals surface area contributed by atoms with E-state index in [1.807, 2.05) is 30.3 Å². The molecule has 3 aromatic carbocycles. The van der Waals surface area contributed by atoms with E-state index in [1.165, 1.54) is 24.3 Å². The number of ether oxygens (including phenoxy) is 1. The van der Waals surface area contributed by atoms with Gasteiger partial charge in [0.05, 0.1) is 21.8 Å². The Morgan fingerprint density at radius 3 is 2.55 bits per heavy atom. The van der Waals surface area contributed by atoms with Crippen LogP contribution in [0.1, 0.15) is 15.9 Å². The Morgan fingerprint density at radius 1 is 1.00 bits per heavy atom. The van der Waals surface area contributed by atoms with Gasteiger partial charge in [0.2, 0.25) is 0 Å². The van der Waals surface area contributed by atoms with Gasteiger partial charge in [-0.1, -0.05) is 42.5 Å². The molecule has 0 bridgehead atoms. The summed E-state index contributed by atoms with van der Waals surface area (Å²) in [4.78, 5) is 24.1. The first kappa shape index (κ1) is 20.4. The maximum atomic E-state index is 12.9. The topological polar surface area (TPSA) is 114 Å². The third-order valence-corrected chi connectivity index (χ3v) is 5.97. The number of hydrogen-bond acceptors (Lipinski definition) is 5. The van der Waals surface area contributed by atoms with Gasteiger partial charge in [-0.2, -0.15) is 0 Å². The smallest absolute Gasteiger partial charge is 0.262 e. The largest absolute Gasteiger partial charge is 0.482 e. The Balaban J connectivity index is 1.55. The predicted octanol–water partition coefficient (Wildman–Crippen LogP) is 2.75. The second kappa shape index (κ2) is 8.49. The van der Waals surface area contributed by atoms with Crippen LogP contribution in [0, 0.1) is 0 Å². The van der Waals surface area contributed by atoms with Crippen LogP contribution in [-0.4, -0.2) is 26.8 Å². The molecule has 0 spiro atoms. The van der Waals surface area contributed by atoms with E-state index in [9.17, 15) is 18.0 Å². The van der Waals surface area contributed by atoms with E-state index in [-0.39, 0.29) is 34.3 Å². The first-order valence-corrected chi connectivity index (χ1v) is 10.9. The van der Waals surface area contributed by atoms with Crippen molar-refractivity contribution < 1.29 is 22.7 Å². The quantitative estimate of drug-likeness (QED) is 0.549. The van der Waals surface area contributed by atoms with Crippen LogP contribution in [0.5, 0.6) is 5.75 Å². The molecule has 0 saturated carbocycles. The molecule has 2 amide bonds. The molecule has 9 heteroatoms. The van der Waals surface area contributed by atoms with Crippen LogP contribution in [0.15, 0.2) is 77.7 Å². The van der Waals surface area contributed by atoms with Gasteiger partial charge in [0, 0.05) is 6.54 Å². The maximum absolute atomic E-state index is 12.9. The number of carbonyl (C=O) groups excluding carboxylic acids is 2. The molecule has 0 atom stereocenters. The zero-order chi connectivity index (χ0) is 21.8.